The number of halogens is 1. The standard InChI is InChI=1S/C20H19ClN2O4/c1-27-14-8-6-13(7-9-14)17-12-18(15-4-2-3-5-16(15)21)23(22-17)19(24)10-11-20(25)26/h2-9,18H,10-12H2,1H3,(H,25,26). The van der Waals surface area contributed by atoms with Crippen LogP contribution in [0.5, 0.6) is 5.75 Å². The van der Waals surface area contributed by atoms with E-state index in [4.69, 9.17) is 21.4 Å². The zero-order chi connectivity index (χ0) is 19.4. The summed E-state index contributed by atoms with van der Waals surface area (Å²) < 4.78 is 5.17. The zero-order valence-electron chi connectivity index (χ0n) is 14.8. The molecule has 0 bridgehead atoms. The summed E-state index contributed by atoms with van der Waals surface area (Å²) in [6.45, 7) is 0. The number of nitrogens with zero attached hydrogens (tertiary/aromatic N) is 2. The number of carboxylic acid groups (broad SMARTS) is 1. The lowest BCUT2D eigenvalue weighted by Crippen LogP contribution is -2.27. The molecule has 0 aliphatic carbocycles. The Morgan fingerprint density at radius 3 is 2.52 bits per heavy atom. The van der Waals surface area contributed by atoms with Crippen LogP contribution in [0.1, 0.15) is 36.4 Å². The Morgan fingerprint density at radius 2 is 1.89 bits per heavy atom. The van der Waals surface area contributed by atoms with E-state index in [9.17, 15) is 9.59 Å². The molecular weight excluding hydrogens is 368 g/mol. The Balaban J connectivity index is 1.91. The maximum atomic E-state index is 12.6. The Labute approximate surface area is 162 Å². The molecule has 1 aliphatic rings. The minimum absolute atomic E-state index is 0.115. The lowest BCUT2D eigenvalue weighted by molar-refractivity contribution is -0.141. The molecule has 140 valence electrons. The number of aliphatic carboxylic acids is 1. The van der Waals surface area contributed by atoms with Gasteiger partial charge < -0.3 is 9.84 Å². The summed E-state index contributed by atoms with van der Waals surface area (Å²) in [5.41, 5.74) is 2.41. The van der Waals surface area contributed by atoms with Crippen LogP contribution in [0.3, 0.4) is 0 Å². The van der Waals surface area contributed by atoms with Crippen LogP contribution in [-0.2, 0) is 9.59 Å². The largest absolute Gasteiger partial charge is 0.497 e. The Kier molecular flexibility index (Phi) is 5.76. The molecule has 1 heterocycles. The van der Waals surface area contributed by atoms with Crippen LogP contribution >= 0.6 is 11.6 Å². The molecule has 1 atom stereocenters. The fourth-order valence-electron chi connectivity index (χ4n) is 3.01. The summed E-state index contributed by atoms with van der Waals surface area (Å²) >= 11 is 6.34. The molecule has 0 fully saturated rings. The molecule has 27 heavy (non-hydrogen) atoms. The molecule has 0 saturated carbocycles. The van der Waals surface area contributed by atoms with E-state index in [-0.39, 0.29) is 24.8 Å². The Morgan fingerprint density at radius 1 is 1.19 bits per heavy atom. The van der Waals surface area contributed by atoms with E-state index in [1.807, 2.05) is 42.5 Å². The van der Waals surface area contributed by atoms with E-state index in [0.29, 0.717) is 11.4 Å². The third kappa shape index (κ3) is 4.28. The van der Waals surface area contributed by atoms with Gasteiger partial charge in [0.1, 0.15) is 5.75 Å². The number of carbonyl (C=O) groups is 2. The molecule has 1 N–H and O–H groups in total. The number of hydrogen-bond donors (Lipinski definition) is 1. The molecule has 2 aromatic rings. The van der Waals surface area contributed by atoms with Crippen LogP contribution in [0.4, 0.5) is 0 Å². The second-order valence-corrected chi connectivity index (χ2v) is 6.56. The van der Waals surface area contributed by atoms with Gasteiger partial charge in [-0.05, 0) is 41.5 Å². The first kappa shape index (κ1) is 18.9. The average Bonchev–Trinajstić information content (AvgIpc) is 3.11. The Hall–Kier alpha value is -2.86. The number of benzene rings is 2. The highest BCUT2D eigenvalue weighted by atomic mass is 35.5. The number of rotatable bonds is 6. The van der Waals surface area contributed by atoms with Crippen LogP contribution in [0.15, 0.2) is 53.6 Å². The molecule has 0 saturated heterocycles. The van der Waals surface area contributed by atoms with E-state index >= 15 is 0 Å². The highest BCUT2D eigenvalue weighted by Gasteiger charge is 2.34. The number of methoxy groups -OCH3 is 1. The fraction of sp³-hybridized carbons (Fsp3) is 0.250. The summed E-state index contributed by atoms with van der Waals surface area (Å²) in [7, 11) is 1.60. The van der Waals surface area contributed by atoms with Gasteiger partial charge in [-0.15, -0.1) is 0 Å². The van der Waals surface area contributed by atoms with Crippen LogP contribution in [0, 0.1) is 0 Å². The number of carboxylic acids is 1. The van der Waals surface area contributed by atoms with E-state index in [0.717, 1.165) is 22.6 Å². The van der Waals surface area contributed by atoms with Gasteiger partial charge in [0.25, 0.3) is 0 Å². The van der Waals surface area contributed by atoms with Gasteiger partial charge in [-0.3, -0.25) is 9.59 Å². The number of carbonyl (C=O) groups excluding carboxylic acids is 1. The number of ether oxygens (including phenoxy) is 1. The van der Waals surface area contributed by atoms with Crippen LogP contribution in [0.25, 0.3) is 0 Å². The molecule has 0 spiro atoms. The van der Waals surface area contributed by atoms with Gasteiger partial charge in [0.2, 0.25) is 5.91 Å². The lowest BCUT2D eigenvalue weighted by atomic mass is 9.98. The van der Waals surface area contributed by atoms with E-state index in [1.54, 1.807) is 13.2 Å². The summed E-state index contributed by atoms with van der Waals surface area (Å²) in [6, 6.07) is 14.4. The maximum Gasteiger partial charge on any atom is 0.303 e. The van der Waals surface area contributed by atoms with Crippen molar-refractivity contribution in [1.29, 1.82) is 0 Å². The molecule has 0 aromatic heterocycles. The quantitative estimate of drug-likeness (QED) is 0.816. The number of amides is 1. The first-order chi connectivity index (χ1) is 13.0. The van der Waals surface area contributed by atoms with Crippen LogP contribution in [0.2, 0.25) is 5.02 Å². The highest BCUT2D eigenvalue weighted by molar-refractivity contribution is 6.31. The van der Waals surface area contributed by atoms with Crippen LogP contribution < -0.4 is 4.74 Å². The highest BCUT2D eigenvalue weighted by Crippen LogP contribution is 2.36. The van der Waals surface area contributed by atoms with Crippen molar-refractivity contribution in [3.05, 3.63) is 64.7 Å². The third-order valence-electron chi connectivity index (χ3n) is 4.41. The molecular formula is C20H19ClN2O4. The average molecular weight is 387 g/mol. The summed E-state index contributed by atoms with van der Waals surface area (Å²) in [6.07, 6.45) is 0.141. The van der Waals surface area contributed by atoms with E-state index in [1.165, 1.54) is 5.01 Å². The van der Waals surface area contributed by atoms with Gasteiger partial charge in [0.15, 0.2) is 0 Å². The first-order valence-corrected chi connectivity index (χ1v) is 8.87. The van der Waals surface area contributed by atoms with Crippen molar-refractivity contribution < 1.29 is 19.4 Å². The minimum Gasteiger partial charge on any atom is -0.497 e. The van der Waals surface area contributed by atoms with Gasteiger partial charge in [0, 0.05) is 17.9 Å². The van der Waals surface area contributed by atoms with Gasteiger partial charge in [-0.1, -0.05) is 29.8 Å². The van der Waals surface area contributed by atoms with Gasteiger partial charge >= 0.3 is 5.97 Å². The van der Waals surface area contributed by atoms with E-state index < -0.39 is 5.97 Å². The topological polar surface area (TPSA) is 79.2 Å². The van der Waals surface area contributed by atoms with Crippen molar-refractivity contribution in [2.45, 2.75) is 25.3 Å². The second-order valence-electron chi connectivity index (χ2n) is 6.15. The summed E-state index contributed by atoms with van der Waals surface area (Å²) in [5.74, 6) is -0.628. The zero-order valence-corrected chi connectivity index (χ0v) is 15.5. The second kappa shape index (κ2) is 8.22. The smallest absolute Gasteiger partial charge is 0.303 e. The van der Waals surface area contributed by atoms with Gasteiger partial charge in [0.05, 0.1) is 25.3 Å². The normalized spacial score (nSPS) is 16.1. The number of hydrazone groups is 1. The molecule has 6 nitrogen and oxygen atoms in total. The van der Waals surface area contributed by atoms with E-state index in [2.05, 4.69) is 5.10 Å². The summed E-state index contributed by atoms with van der Waals surface area (Å²) in [5, 5.41) is 15.3. The lowest BCUT2D eigenvalue weighted by Gasteiger charge is -2.22. The van der Waals surface area contributed by atoms with Crippen molar-refractivity contribution >= 4 is 29.2 Å². The number of hydrogen-bond acceptors (Lipinski definition) is 4. The molecule has 1 aliphatic heterocycles. The Bertz CT molecular complexity index is 880. The predicted molar refractivity (Wildman–Crippen MR) is 102 cm³/mol. The SMILES string of the molecule is COc1ccc(C2=NN(C(=O)CCC(=O)O)C(c3ccccc3Cl)C2)cc1. The molecule has 0 radical (unpaired) electrons. The molecule has 7 heteroatoms. The van der Waals surface area contributed by atoms with Gasteiger partial charge in [-0.2, -0.15) is 5.10 Å². The predicted octanol–water partition coefficient (Wildman–Crippen LogP) is 3.89. The van der Waals surface area contributed by atoms with Crippen LogP contribution in [-0.4, -0.2) is 34.8 Å². The first-order valence-electron chi connectivity index (χ1n) is 8.49. The van der Waals surface area contributed by atoms with Crippen molar-refractivity contribution in [2.24, 2.45) is 5.10 Å². The van der Waals surface area contributed by atoms with Crippen molar-refractivity contribution in [2.75, 3.05) is 7.11 Å². The minimum atomic E-state index is -1.02. The molecule has 3 rings (SSSR count). The van der Waals surface area contributed by atoms with Gasteiger partial charge in [-0.25, -0.2) is 5.01 Å². The fourth-order valence-corrected chi connectivity index (χ4v) is 3.28. The van der Waals surface area contributed by atoms with Crippen molar-refractivity contribution in [3.63, 3.8) is 0 Å². The molecule has 1 unspecified atom stereocenters. The monoisotopic (exact) mass is 386 g/mol. The van der Waals surface area contributed by atoms with Crippen molar-refractivity contribution in [3.8, 4) is 5.75 Å². The molecule has 2 aromatic carbocycles. The summed E-state index contributed by atoms with van der Waals surface area (Å²) in [4.78, 5) is 23.4. The van der Waals surface area contributed by atoms with Crippen molar-refractivity contribution in [1.82, 2.24) is 5.01 Å². The molecule has 1 amide bonds. The maximum absolute atomic E-state index is 12.6. The third-order valence-corrected chi connectivity index (χ3v) is 4.75.